The average molecular weight is 274 g/mol. The third-order valence-corrected chi connectivity index (χ3v) is 3.33. The molecule has 0 aliphatic carbocycles. The fourth-order valence-corrected chi connectivity index (χ4v) is 2.30. The summed E-state index contributed by atoms with van der Waals surface area (Å²) in [5, 5.41) is 0. The molecule has 0 amide bonds. The summed E-state index contributed by atoms with van der Waals surface area (Å²) in [6.45, 7) is 3.95. The first-order valence-corrected chi connectivity index (χ1v) is 6.63. The Morgan fingerprint density at radius 2 is 1.80 bits per heavy atom. The molecule has 1 nitrogen and oxygen atoms in total. The molecule has 2 aromatic carbocycles. The fraction of sp³-hybridized carbons (Fsp3) is 0.294. The molecule has 1 radical (unpaired) electrons. The van der Waals surface area contributed by atoms with E-state index in [1.165, 1.54) is 12.1 Å². The van der Waals surface area contributed by atoms with E-state index < -0.39 is 6.43 Å². The summed E-state index contributed by atoms with van der Waals surface area (Å²) >= 11 is 0. The van der Waals surface area contributed by atoms with Crippen LogP contribution in [0.1, 0.15) is 30.0 Å². The van der Waals surface area contributed by atoms with E-state index in [0.717, 1.165) is 28.7 Å². The Morgan fingerprint density at radius 3 is 2.35 bits per heavy atom. The summed E-state index contributed by atoms with van der Waals surface area (Å²) in [7, 11) is 0. The standard InChI is InChI=1S/C17H18F2N/c1-11-4-3-5-15(16(11)10-12(2)20)13-6-8-14(9-7-13)17(18)19/h3,5-9,12,17H,10,20H2,1-2H3. The molecular weight excluding hydrogens is 256 g/mol. The smallest absolute Gasteiger partial charge is 0.263 e. The van der Waals surface area contributed by atoms with Gasteiger partial charge in [-0.2, -0.15) is 0 Å². The van der Waals surface area contributed by atoms with Gasteiger partial charge in [-0.3, -0.25) is 0 Å². The highest BCUT2D eigenvalue weighted by Gasteiger charge is 2.11. The van der Waals surface area contributed by atoms with E-state index >= 15 is 0 Å². The molecule has 105 valence electrons. The highest BCUT2D eigenvalue weighted by molar-refractivity contribution is 5.69. The number of hydrogen-bond acceptors (Lipinski definition) is 1. The molecule has 3 heteroatoms. The van der Waals surface area contributed by atoms with E-state index in [4.69, 9.17) is 5.73 Å². The minimum atomic E-state index is -2.43. The Hall–Kier alpha value is -1.74. The second-order valence-corrected chi connectivity index (χ2v) is 5.10. The molecule has 0 spiro atoms. The monoisotopic (exact) mass is 274 g/mol. The van der Waals surface area contributed by atoms with Gasteiger partial charge < -0.3 is 5.73 Å². The average Bonchev–Trinajstić information content (AvgIpc) is 2.41. The molecule has 1 unspecified atom stereocenters. The van der Waals surface area contributed by atoms with Crippen LogP contribution in [0.2, 0.25) is 0 Å². The second-order valence-electron chi connectivity index (χ2n) is 5.10. The molecule has 0 fully saturated rings. The van der Waals surface area contributed by atoms with Crippen LogP contribution >= 0.6 is 0 Å². The lowest BCUT2D eigenvalue weighted by molar-refractivity contribution is 0.151. The predicted octanol–water partition coefficient (Wildman–Crippen LogP) is 4.29. The third-order valence-electron chi connectivity index (χ3n) is 3.33. The van der Waals surface area contributed by atoms with Gasteiger partial charge in [0.15, 0.2) is 0 Å². The van der Waals surface area contributed by atoms with Crippen molar-refractivity contribution in [1.29, 1.82) is 0 Å². The molecule has 0 heterocycles. The van der Waals surface area contributed by atoms with Crippen LogP contribution < -0.4 is 5.73 Å². The molecular formula is C17H18F2N. The number of rotatable bonds is 4. The van der Waals surface area contributed by atoms with Crippen LogP contribution in [-0.2, 0) is 6.42 Å². The van der Waals surface area contributed by atoms with Gasteiger partial charge in [0, 0.05) is 11.6 Å². The van der Waals surface area contributed by atoms with Crippen molar-refractivity contribution in [3.05, 3.63) is 59.2 Å². The van der Waals surface area contributed by atoms with Crippen molar-refractivity contribution >= 4 is 0 Å². The number of aryl methyl sites for hydroxylation is 1. The highest BCUT2D eigenvalue weighted by atomic mass is 19.3. The third kappa shape index (κ3) is 3.23. The number of nitrogens with two attached hydrogens (primary N) is 1. The molecule has 20 heavy (non-hydrogen) atoms. The topological polar surface area (TPSA) is 26.0 Å². The Bertz CT molecular complexity index is 574. The Morgan fingerprint density at radius 1 is 1.15 bits per heavy atom. The fourth-order valence-electron chi connectivity index (χ4n) is 2.30. The zero-order valence-corrected chi connectivity index (χ0v) is 11.7. The van der Waals surface area contributed by atoms with Gasteiger partial charge in [-0.15, -0.1) is 0 Å². The van der Waals surface area contributed by atoms with Crippen LogP contribution in [-0.4, -0.2) is 6.04 Å². The van der Waals surface area contributed by atoms with Crippen LogP contribution in [0.4, 0.5) is 8.78 Å². The van der Waals surface area contributed by atoms with Gasteiger partial charge in [0.25, 0.3) is 6.43 Å². The quantitative estimate of drug-likeness (QED) is 0.884. The zero-order chi connectivity index (χ0) is 14.7. The Balaban J connectivity index is 2.44. The minimum absolute atomic E-state index is 0.0432. The van der Waals surface area contributed by atoms with Crippen molar-refractivity contribution in [3.8, 4) is 11.1 Å². The lowest BCUT2D eigenvalue weighted by Gasteiger charge is -2.15. The molecule has 0 saturated heterocycles. The Labute approximate surface area is 118 Å². The van der Waals surface area contributed by atoms with Crippen molar-refractivity contribution in [2.75, 3.05) is 0 Å². The summed E-state index contributed by atoms with van der Waals surface area (Å²) in [6.07, 6.45) is -1.69. The Kier molecular flexibility index (Phi) is 4.50. The number of hydrogen-bond donors (Lipinski definition) is 1. The van der Waals surface area contributed by atoms with Gasteiger partial charge in [0.05, 0.1) is 0 Å². The van der Waals surface area contributed by atoms with Crippen molar-refractivity contribution < 1.29 is 8.78 Å². The molecule has 0 aromatic heterocycles. The lowest BCUT2D eigenvalue weighted by atomic mass is 9.92. The SMILES string of the molecule is Cc1[c]ccc(-c2ccc(C(F)F)cc2)c1CC(C)N. The van der Waals surface area contributed by atoms with Crippen LogP contribution in [0.5, 0.6) is 0 Å². The maximum Gasteiger partial charge on any atom is 0.263 e. The van der Waals surface area contributed by atoms with Gasteiger partial charge in [0.1, 0.15) is 0 Å². The van der Waals surface area contributed by atoms with Crippen LogP contribution in [0, 0.1) is 13.0 Å². The second kappa shape index (κ2) is 6.14. The molecule has 2 rings (SSSR count). The molecule has 0 aliphatic rings. The number of alkyl halides is 2. The molecule has 2 aromatic rings. The molecule has 0 bridgehead atoms. The van der Waals surface area contributed by atoms with Crippen LogP contribution in [0.25, 0.3) is 11.1 Å². The first kappa shape index (κ1) is 14.7. The maximum absolute atomic E-state index is 12.6. The number of benzene rings is 2. The van der Waals surface area contributed by atoms with E-state index in [-0.39, 0.29) is 11.6 Å². The van der Waals surface area contributed by atoms with Gasteiger partial charge in [-0.1, -0.05) is 36.4 Å². The largest absolute Gasteiger partial charge is 0.328 e. The summed E-state index contributed by atoms with van der Waals surface area (Å²) in [4.78, 5) is 0. The van der Waals surface area contributed by atoms with E-state index in [9.17, 15) is 8.78 Å². The molecule has 0 saturated carbocycles. The summed E-state index contributed by atoms with van der Waals surface area (Å²) in [6, 6.07) is 13.5. The summed E-state index contributed by atoms with van der Waals surface area (Å²) < 4.78 is 25.2. The van der Waals surface area contributed by atoms with Gasteiger partial charge in [0.2, 0.25) is 0 Å². The highest BCUT2D eigenvalue weighted by Crippen LogP contribution is 2.29. The molecule has 0 aliphatic heterocycles. The predicted molar refractivity (Wildman–Crippen MR) is 77.8 cm³/mol. The molecule has 2 N–H and O–H groups in total. The van der Waals surface area contributed by atoms with Crippen molar-refractivity contribution in [3.63, 3.8) is 0 Å². The van der Waals surface area contributed by atoms with Gasteiger partial charge >= 0.3 is 0 Å². The van der Waals surface area contributed by atoms with Gasteiger partial charge in [-0.25, -0.2) is 8.78 Å². The first-order chi connectivity index (χ1) is 9.49. The summed E-state index contributed by atoms with van der Waals surface area (Å²) in [5.74, 6) is 0. The van der Waals surface area contributed by atoms with E-state index in [0.29, 0.717) is 0 Å². The van der Waals surface area contributed by atoms with Crippen molar-refractivity contribution in [2.24, 2.45) is 5.73 Å². The normalized spacial score (nSPS) is 12.7. The van der Waals surface area contributed by atoms with Crippen LogP contribution in [0.15, 0.2) is 36.4 Å². The zero-order valence-electron chi connectivity index (χ0n) is 11.7. The van der Waals surface area contributed by atoms with E-state index in [1.807, 2.05) is 26.0 Å². The van der Waals surface area contributed by atoms with Crippen molar-refractivity contribution in [1.82, 2.24) is 0 Å². The number of halogens is 2. The lowest BCUT2D eigenvalue weighted by Crippen LogP contribution is -2.19. The van der Waals surface area contributed by atoms with E-state index in [1.54, 1.807) is 12.1 Å². The summed E-state index contributed by atoms with van der Waals surface area (Å²) in [5.41, 5.74) is 10.1. The molecule has 1 atom stereocenters. The minimum Gasteiger partial charge on any atom is -0.328 e. The first-order valence-electron chi connectivity index (χ1n) is 6.63. The maximum atomic E-state index is 12.6. The van der Waals surface area contributed by atoms with Crippen LogP contribution in [0.3, 0.4) is 0 Å². The van der Waals surface area contributed by atoms with Gasteiger partial charge in [-0.05, 0) is 48.6 Å². The van der Waals surface area contributed by atoms with Crippen molar-refractivity contribution in [2.45, 2.75) is 32.7 Å². The van der Waals surface area contributed by atoms with E-state index in [2.05, 4.69) is 6.07 Å².